The smallest absolute Gasteiger partial charge is 0.318 e. The number of hydrogen-bond acceptors (Lipinski definition) is 4. The van der Waals surface area contributed by atoms with Gasteiger partial charge in [0.05, 0.1) is 18.9 Å². The number of halogens is 2. The first-order chi connectivity index (χ1) is 15.1. The zero-order valence-electron chi connectivity index (χ0n) is 18.2. The van der Waals surface area contributed by atoms with Crippen molar-refractivity contribution >= 4 is 16.1 Å². The molecule has 0 bridgehead atoms. The lowest BCUT2D eigenvalue weighted by atomic mass is 9.97. The van der Waals surface area contributed by atoms with Crippen LogP contribution in [0.4, 0.5) is 13.6 Å². The number of carbonyl (C=O) groups excluding carboxylic acids is 1. The molecule has 32 heavy (non-hydrogen) atoms. The second-order valence-corrected chi connectivity index (χ2v) is 9.74. The Bertz CT molecular complexity index is 1060. The summed E-state index contributed by atoms with van der Waals surface area (Å²) in [7, 11) is -0.615. The molecular weight excluding hydrogens is 440 g/mol. The van der Waals surface area contributed by atoms with E-state index in [0.29, 0.717) is 30.5 Å². The summed E-state index contributed by atoms with van der Waals surface area (Å²) in [5.74, 6) is -1.41. The number of likely N-dealkylation sites (tertiary alicyclic amines) is 1. The third kappa shape index (κ3) is 5.62. The van der Waals surface area contributed by atoms with Gasteiger partial charge in [0, 0.05) is 25.7 Å². The van der Waals surface area contributed by atoms with E-state index in [4.69, 9.17) is 4.84 Å². The fourth-order valence-electron chi connectivity index (χ4n) is 3.89. The van der Waals surface area contributed by atoms with E-state index in [-0.39, 0.29) is 11.8 Å². The van der Waals surface area contributed by atoms with E-state index in [1.807, 2.05) is 6.07 Å². The minimum atomic E-state index is -3.48. The first-order valence-corrected chi connectivity index (χ1v) is 11.9. The molecule has 1 aliphatic heterocycles. The van der Waals surface area contributed by atoms with Crippen LogP contribution in [0.5, 0.6) is 0 Å². The van der Waals surface area contributed by atoms with Crippen LogP contribution in [0, 0.1) is 11.6 Å². The van der Waals surface area contributed by atoms with Crippen LogP contribution in [-0.4, -0.2) is 63.0 Å². The Morgan fingerprint density at radius 3 is 2.50 bits per heavy atom. The number of carbonyl (C=O) groups is 1. The standard InChI is InChI=1S/C22H27F2N3O4S/c1-4-32(29,30)25-20-8-9-27(22(28)26(2)31-3)21(20)11-15-6-5-7-16(10-15)17-12-18(23)14-19(24)13-17/h5-7,10,12-14,20-21,25H,4,8-9,11H2,1-3H3/t20-,21-/m0/s1. The first kappa shape index (κ1) is 24.1. The third-order valence-corrected chi connectivity index (χ3v) is 7.04. The summed E-state index contributed by atoms with van der Waals surface area (Å²) in [6.07, 6.45) is 0.813. The quantitative estimate of drug-likeness (QED) is 0.635. The summed E-state index contributed by atoms with van der Waals surface area (Å²) in [6.45, 7) is 1.92. The number of hydroxylamine groups is 2. The predicted molar refractivity (Wildman–Crippen MR) is 117 cm³/mol. The maximum atomic E-state index is 13.7. The summed E-state index contributed by atoms with van der Waals surface area (Å²) in [5, 5.41) is 1.09. The second kappa shape index (κ2) is 9.93. The van der Waals surface area contributed by atoms with E-state index in [0.717, 1.165) is 16.7 Å². The summed E-state index contributed by atoms with van der Waals surface area (Å²) in [6, 6.07) is 9.15. The van der Waals surface area contributed by atoms with Gasteiger partial charge in [-0.25, -0.2) is 31.8 Å². The molecule has 1 aliphatic rings. The number of sulfonamides is 1. The van der Waals surface area contributed by atoms with E-state index in [9.17, 15) is 22.0 Å². The van der Waals surface area contributed by atoms with Gasteiger partial charge in [-0.2, -0.15) is 0 Å². The highest BCUT2D eigenvalue weighted by molar-refractivity contribution is 7.89. The van der Waals surface area contributed by atoms with Gasteiger partial charge >= 0.3 is 6.03 Å². The van der Waals surface area contributed by atoms with E-state index in [1.54, 1.807) is 30.0 Å². The minimum Gasteiger partial charge on any atom is -0.318 e. The van der Waals surface area contributed by atoms with Crippen molar-refractivity contribution in [1.29, 1.82) is 0 Å². The number of nitrogens with zero attached hydrogens (tertiary/aromatic N) is 2. The summed E-state index contributed by atoms with van der Waals surface area (Å²) >= 11 is 0. The van der Waals surface area contributed by atoms with Gasteiger partial charge in [0.2, 0.25) is 10.0 Å². The van der Waals surface area contributed by atoms with E-state index < -0.39 is 33.7 Å². The molecule has 0 aliphatic carbocycles. The highest BCUT2D eigenvalue weighted by atomic mass is 32.2. The van der Waals surface area contributed by atoms with Crippen LogP contribution in [0.25, 0.3) is 11.1 Å². The molecule has 0 unspecified atom stereocenters. The molecular formula is C22H27F2N3O4S. The minimum absolute atomic E-state index is 0.0667. The van der Waals surface area contributed by atoms with Gasteiger partial charge < -0.3 is 4.90 Å². The topological polar surface area (TPSA) is 79.0 Å². The number of rotatable bonds is 7. The van der Waals surface area contributed by atoms with Gasteiger partial charge in [0.15, 0.2) is 0 Å². The van der Waals surface area contributed by atoms with Crippen LogP contribution in [-0.2, 0) is 21.3 Å². The molecule has 0 aromatic heterocycles. The third-order valence-electron chi connectivity index (χ3n) is 5.61. The molecule has 0 saturated carbocycles. The second-order valence-electron chi connectivity index (χ2n) is 7.70. The zero-order chi connectivity index (χ0) is 23.5. The molecule has 2 amide bonds. The van der Waals surface area contributed by atoms with Crippen molar-refractivity contribution in [3.05, 3.63) is 59.7 Å². The van der Waals surface area contributed by atoms with Gasteiger partial charge in [-0.15, -0.1) is 0 Å². The molecule has 0 radical (unpaired) electrons. The van der Waals surface area contributed by atoms with Crippen molar-refractivity contribution in [2.24, 2.45) is 0 Å². The monoisotopic (exact) mass is 467 g/mol. The molecule has 0 spiro atoms. The van der Waals surface area contributed by atoms with Gasteiger partial charge in [-0.05, 0) is 48.6 Å². The zero-order valence-corrected chi connectivity index (χ0v) is 19.0. The van der Waals surface area contributed by atoms with Gasteiger partial charge in [0.1, 0.15) is 11.6 Å². The molecule has 2 atom stereocenters. The molecule has 2 aromatic carbocycles. The lowest BCUT2D eigenvalue weighted by Gasteiger charge is -2.31. The highest BCUT2D eigenvalue weighted by Crippen LogP contribution is 2.27. The molecule has 7 nitrogen and oxygen atoms in total. The van der Waals surface area contributed by atoms with Crippen molar-refractivity contribution in [3.8, 4) is 11.1 Å². The van der Waals surface area contributed by atoms with Crippen LogP contribution < -0.4 is 4.72 Å². The van der Waals surface area contributed by atoms with Crippen LogP contribution >= 0.6 is 0 Å². The van der Waals surface area contributed by atoms with Crippen molar-refractivity contribution in [2.45, 2.75) is 31.8 Å². The predicted octanol–water partition coefficient (Wildman–Crippen LogP) is 3.17. The van der Waals surface area contributed by atoms with E-state index in [2.05, 4.69) is 4.72 Å². The maximum Gasteiger partial charge on any atom is 0.343 e. The number of nitrogens with one attached hydrogen (secondary N) is 1. The molecule has 10 heteroatoms. The molecule has 1 saturated heterocycles. The normalized spacial score (nSPS) is 18.7. The Labute approximate surface area is 187 Å². The highest BCUT2D eigenvalue weighted by Gasteiger charge is 2.40. The van der Waals surface area contributed by atoms with Gasteiger partial charge in [-0.1, -0.05) is 24.3 Å². The number of hydrogen-bond donors (Lipinski definition) is 1. The molecule has 174 valence electrons. The fourth-order valence-corrected chi connectivity index (χ4v) is 4.80. The van der Waals surface area contributed by atoms with Gasteiger partial charge in [0.25, 0.3) is 0 Å². The van der Waals surface area contributed by atoms with Crippen LogP contribution in [0.2, 0.25) is 0 Å². The van der Waals surface area contributed by atoms with E-state index in [1.165, 1.54) is 26.3 Å². The Balaban J connectivity index is 1.91. The summed E-state index contributed by atoms with van der Waals surface area (Å²) in [4.78, 5) is 19.4. The van der Waals surface area contributed by atoms with Crippen LogP contribution in [0.1, 0.15) is 18.9 Å². The average molecular weight is 468 g/mol. The summed E-state index contributed by atoms with van der Waals surface area (Å²) in [5.41, 5.74) is 1.82. The SMILES string of the molecule is CCS(=O)(=O)N[C@H]1CCN(C(=O)N(C)OC)[C@H]1Cc1cccc(-c2cc(F)cc(F)c2)c1. The average Bonchev–Trinajstić information content (AvgIpc) is 3.13. The van der Waals surface area contributed by atoms with Crippen LogP contribution in [0.3, 0.4) is 0 Å². The number of amides is 2. The first-order valence-electron chi connectivity index (χ1n) is 10.3. The lowest BCUT2D eigenvalue weighted by Crippen LogP contribution is -2.50. The number of urea groups is 1. The summed E-state index contributed by atoms with van der Waals surface area (Å²) < 4.78 is 54.4. The Hall–Kier alpha value is -2.56. The lowest BCUT2D eigenvalue weighted by molar-refractivity contribution is -0.0770. The van der Waals surface area contributed by atoms with Crippen molar-refractivity contribution < 1.29 is 26.8 Å². The molecule has 3 rings (SSSR count). The van der Waals surface area contributed by atoms with E-state index >= 15 is 0 Å². The molecule has 1 N–H and O–H groups in total. The van der Waals surface area contributed by atoms with Crippen LogP contribution in [0.15, 0.2) is 42.5 Å². The largest absolute Gasteiger partial charge is 0.343 e. The number of benzene rings is 2. The maximum absolute atomic E-state index is 13.7. The van der Waals surface area contributed by atoms with Gasteiger partial charge in [-0.3, -0.25) is 4.84 Å². The Kier molecular flexibility index (Phi) is 7.47. The van der Waals surface area contributed by atoms with Crippen molar-refractivity contribution in [1.82, 2.24) is 14.7 Å². The fraction of sp³-hybridized carbons (Fsp3) is 0.409. The molecule has 1 fully saturated rings. The Morgan fingerprint density at radius 1 is 1.19 bits per heavy atom. The van der Waals surface area contributed by atoms with Crippen molar-refractivity contribution in [3.63, 3.8) is 0 Å². The Morgan fingerprint density at radius 2 is 1.88 bits per heavy atom. The molecule has 2 aromatic rings. The van der Waals surface area contributed by atoms with Crippen molar-refractivity contribution in [2.75, 3.05) is 26.5 Å². The molecule has 1 heterocycles.